The van der Waals surface area contributed by atoms with Gasteiger partial charge in [0, 0.05) is 11.1 Å². The molecular weight excluding hydrogens is 234 g/mol. The Bertz CT molecular complexity index is 362. The lowest BCUT2D eigenvalue weighted by Gasteiger charge is -2.30. The van der Waals surface area contributed by atoms with E-state index in [2.05, 4.69) is 43.0 Å². The summed E-state index contributed by atoms with van der Waals surface area (Å²) in [5, 5.41) is 4.08. The summed E-state index contributed by atoms with van der Waals surface area (Å²) in [5.74, 6) is 0.887. The molecule has 0 saturated heterocycles. The second-order valence-corrected chi connectivity index (χ2v) is 4.99. The number of aromatic nitrogens is 2. The number of nitrogens with zero attached hydrogens (tertiary/aromatic N) is 2. The lowest BCUT2D eigenvalue weighted by molar-refractivity contribution is 0.476. The van der Waals surface area contributed by atoms with Crippen LogP contribution in [-0.2, 0) is 6.42 Å². The summed E-state index contributed by atoms with van der Waals surface area (Å²) in [6.07, 6.45) is 5.57. The largest absolute Gasteiger partial charge is 0.365 e. The zero-order valence-electron chi connectivity index (χ0n) is 11.2. The van der Waals surface area contributed by atoms with Gasteiger partial charge in [0.15, 0.2) is 0 Å². The van der Waals surface area contributed by atoms with E-state index in [-0.39, 0.29) is 5.54 Å². The number of nitrogens with one attached hydrogen (secondary N) is 1. The standard InChI is InChI=1S/C13H22ClN3/c1-5-8-10-11(14)15-9-16-12(10)17-13(4,6-2)7-3/h9H,5-8H2,1-4H3,(H,15,16,17). The lowest BCUT2D eigenvalue weighted by atomic mass is 9.95. The van der Waals surface area contributed by atoms with E-state index in [1.165, 1.54) is 6.33 Å². The molecule has 0 radical (unpaired) electrons. The van der Waals surface area contributed by atoms with Crippen molar-refractivity contribution in [2.45, 2.75) is 58.9 Å². The van der Waals surface area contributed by atoms with Gasteiger partial charge in [-0.3, -0.25) is 0 Å². The van der Waals surface area contributed by atoms with Crippen molar-refractivity contribution in [3.8, 4) is 0 Å². The fourth-order valence-corrected chi connectivity index (χ4v) is 1.91. The highest BCUT2D eigenvalue weighted by atomic mass is 35.5. The van der Waals surface area contributed by atoms with Gasteiger partial charge in [-0.15, -0.1) is 0 Å². The molecule has 0 aromatic carbocycles. The van der Waals surface area contributed by atoms with Crippen molar-refractivity contribution in [1.82, 2.24) is 9.97 Å². The minimum atomic E-state index is 0.0696. The van der Waals surface area contributed by atoms with Crippen LogP contribution in [0.4, 0.5) is 5.82 Å². The van der Waals surface area contributed by atoms with E-state index in [0.717, 1.165) is 37.1 Å². The van der Waals surface area contributed by atoms with Gasteiger partial charge in [0.1, 0.15) is 17.3 Å². The molecule has 0 saturated carbocycles. The highest BCUT2D eigenvalue weighted by molar-refractivity contribution is 6.30. The number of anilines is 1. The van der Waals surface area contributed by atoms with Gasteiger partial charge in [-0.2, -0.15) is 0 Å². The maximum Gasteiger partial charge on any atom is 0.137 e. The molecule has 0 bridgehead atoms. The van der Waals surface area contributed by atoms with Gasteiger partial charge in [-0.25, -0.2) is 9.97 Å². The van der Waals surface area contributed by atoms with Gasteiger partial charge < -0.3 is 5.32 Å². The van der Waals surface area contributed by atoms with Crippen LogP contribution in [0.5, 0.6) is 0 Å². The van der Waals surface area contributed by atoms with Crippen molar-refractivity contribution < 1.29 is 0 Å². The average Bonchev–Trinajstić information content (AvgIpc) is 2.33. The van der Waals surface area contributed by atoms with Gasteiger partial charge in [0.2, 0.25) is 0 Å². The summed E-state index contributed by atoms with van der Waals surface area (Å²) in [4.78, 5) is 8.39. The molecule has 4 heteroatoms. The first-order valence-electron chi connectivity index (χ1n) is 6.33. The van der Waals surface area contributed by atoms with Crippen molar-refractivity contribution in [3.63, 3.8) is 0 Å². The van der Waals surface area contributed by atoms with E-state index in [4.69, 9.17) is 11.6 Å². The molecule has 3 nitrogen and oxygen atoms in total. The van der Waals surface area contributed by atoms with Crippen molar-refractivity contribution in [2.24, 2.45) is 0 Å². The molecule has 1 N–H and O–H groups in total. The number of rotatable bonds is 6. The molecule has 0 aliphatic carbocycles. The normalized spacial score (nSPS) is 11.6. The first-order chi connectivity index (χ1) is 8.06. The van der Waals surface area contributed by atoms with Gasteiger partial charge in [-0.05, 0) is 26.2 Å². The Morgan fingerprint density at radius 3 is 2.41 bits per heavy atom. The molecule has 1 aromatic rings. The van der Waals surface area contributed by atoms with Crippen LogP contribution < -0.4 is 5.32 Å². The van der Waals surface area contributed by atoms with Crippen LogP contribution in [0.2, 0.25) is 5.15 Å². The van der Waals surface area contributed by atoms with Crippen molar-refractivity contribution in [2.75, 3.05) is 5.32 Å². The Labute approximate surface area is 109 Å². The Balaban J connectivity index is 3.01. The second kappa shape index (κ2) is 6.20. The quantitative estimate of drug-likeness (QED) is 0.779. The zero-order valence-corrected chi connectivity index (χ0v) is 11.9. The van der Waals surface area contributed by atoms with E-state index in [0.29, 0.717) is 5.15 Å². The molecule has 1 aromatic heterocycles. The summed E-state index contributed by atoms with van der Waals surface area (Å²) in [5.41, 5.74) is 1.10. The van der Waals surface area contributed by atoms with Crippen molar-refractivity contribution in [1.29, 1.82) is 0 Å². The number of hydrogen-bond donors (Lipinski definition) is 1. The average molecular weight is 256 g/mol. The third-order valence-corrected chi connectivity index (χ3v) is 3.70. The molecule has 0 fully saturated rings. The third kappa shape index (κ3) is 3.56. The summed E-state index contributed by atoms with van der Waals surface area (Å²) in [6, 6.07) is 0. The Hall–Kier alpha value is -0.830. The fourth-order valence-electron chi connectivity index (χ4n) is 1.68. The van der Waals surface area contributed by atoms with Crippen LogP contribution in [0.3, 0.4) is 0 Å². The topological polar surface area (TPSA) is 37.8 Å². The molecule has 96 valence electrons. The van der Waals surface area contributed by atoms with Gasteiger partial charge in [-0.1, -0.05) is 38.8 Å². The van der Waals surface area contributed by atoms with Gasteiger partial charge in [0.05, 0.1) is 0 Å². The third-order valence-electron chi connectivity index (χ3n) is 3.37. The lowest BCUT2D eigenvalue weighted by Crippen LogP contribution is -2.34. The van der Waals surface area contributed by atoms with Crippen LogP contribution >= 0.6 is 11.6 Å². The number of hydrogen-bond acceptors (Lipinski definition) is 3. The van der Waals surface area contributed by atoms with Crippen LogP contribution in [0.15, 0.2) is 6.33 Å². The van der Waals surface area contributed by atoms with E-state index in [9.17, 15) is 0 Å². The molecule has 17 heavy (non-hydrogen) atoms. The van der Waals surface area contributed by atoms with E-state index in [1.807, 2.05) is 0 Å². The molecule has 0 unspecified atom stereocenters. The minimum absolute atomic E-state index is 0.0696. The Morgan fingerprint density at radius 2 is 1.88 bits per heavy atom. The Kier molecular flexibility index (Phi) is 5.19. The van der Waals surface area contributed by atoms with Crippen molar-refractivity contribution in [3.05, 3.63) is 17.0 Å². The smallest absolute Gasteiger partial charge is 0.137 e. The minimum Gasteiger partial charge on any atom is -0.365 e. The maximum absolute atomic E-state index is 6.13. The first-order valence-corrected chi connectivity index (χ1v) is 6.71. The predicted octanol–water partition coefficient (Wildman–Crippen LogP) is 4.07. The molecule has 0 aliphatic rings. The SMILES string of the molecule is CCCc1c(Cl)ncnc1NC(C)(CC)CC. The van der Waals surface area contributed by atoms with E-state index < -0.39 is 0 Å². The molecule has 0 spiro atoms. The molecular formula is C13H22ClN3. The molecule has 0 atom stereocenters. The fraction of sp³-hybridized carbons (Fsp3) is 0.692. The maximum atomic E-state index is 6.13. The number of halogens is 1. The van der Waals surface area contributed by atoms with Gasteiger partial charge in [0.25, 0.3) is 0 Å². The molecule has 0 amide bonds. The molecule has 1 heterocycles. The van der Waals surface area contributed by atoms with Crippen molar-refractivity contribution >= 4 is 17.4 Å². The summed E-state index contributed by atoms with van der Waals surface area (Å²) in [6.45, 7) is 8.70. The van der Waals surface area contributed by atoms with E-state index in [1.54, 1.807) is 0 Å². The molecule has 1 rings (SSSR count). The van der Waals surface area contributed by atoms with Gasteiger partial charge >= 0.3 is 0 Å². The highest BCUT2D eigenvalue weighted by Crippen LogP contribution is 2.26. The predicted molar refractivity (Wildman–Crippen MR) is 73.6 cm³/mol. The van der Waals surface area contributed by atoms with E-state index >= 15 is 0 Å². The van der Waals surface area contributed by atoms with Crippen LogP contribution in [0.1, 0.15) is 52.5 Å². The molecule has 0 aliphatic heterocycles. The summed E-state index contributed by atoms with van der Waals surface area (Å²) in [7, 11) is 0. The zero-order chi connectivity index (χ0) is 12.9. The van der Waals surface area contributed by atoms with Crippen LogP contribution in [-0.4, -0.2) is 15.5 Å². The highest BCUT2D eigenvalue weighted by Gasteiger charge is 2.21. The Morgan fingerprint density at radius 1 is 1.24 bits per heavy atom. The first kappa shape index (κ1) is 14.2. The van der Waals surface area contributed by atoms with Crippen LogP contribution in [0, 0.1) is 0 Å². The second-order valence-electron chi connectivity index (χ2n) is 4.63. The summed E-state index contributed by atoms with van der Waals surface area (Å²) >= 11 is 6.13. The monoisotopic (exact) mass is 255 g/mol. The van der Waals surface area contributed by atoms with Crippen LogP contribution in [0.25, 0.3) is 0 Å². The summed E-state index contributed by atoms with van der Waals surface area (Å²) < 4.78 is 0.